The van der Waals surface area contributed by atoms with Crippen LogP contribution in [0.1, 0.15) is 43.4 Å². The van der Waals surface area contributed by atoms with Crippen molar-refractivity contribution in [2.24, 2.45) is 5.73 Å². The number of aromatic nitrogens is 2. The summed E-state index contributed by atoms with van der Waals surface area (Å²) in [6.45, 7) is 2.68. The molecule has 27 heavy (non-hydrogen) atoms. The monoisotopic (exact) mass is 369 g/mol. The Labute approximate surface area is 158 Å². The lowest BCUT2D eigenvalue weighted by molar-refractivity contribution is 0.167. The number of aliphatic hydroxyl groups is 1. The summed E-state index contributed by atoms with van der Waals surface area (Å²) in [5.74, 6) is 0.331. The van der Waals surface area contributed by atoms with Gasteiger partial charge in [0, 0.05) is 18.2 Å². The molecule has 0 bridgehead atoms. The Hall–Kier alpha value is -2.57. The fourth-order valence-corrected chi connectivity index (χ4v) is 3.43. The van der Waals surface area contributed by atoms with E-state index in [4.69, 9.17) is 10.8 Å². The Morgan fingerprint density at radius 2 is 2.07 bits per heavy atom. The van der Waals surface area contributed by atoms with E-state index < -0.39 is 6.10 Å². The number of hydrogen-bond donors (Lipinski definition) is 4. The number of rotatable bonds is 3. The molecule has 1 aliphatic heterocycles. The van der Waals surface area contributed by atoms with Crippen molar-refractivity contribution in [2.75, 3.05) is 0 Å². The average molecular weight is 369 g/mol. The fraction of sp³-hybridized carbons (Fsp3) is 0.381. The summed E-state index contributed by atoms with van der Waals surface area (Å²) in [6.07, 6.45) is 3.01. The number of nitrogens with two attached hydrogens (primary N) is 1. The molecule has 6 heteroatoms. The van der Waals surface area contributed by atoms with Crippen LogP contribution >= 0.6 is 0 Å². The SMILES string of the molecule is CC(N)CCc1cccc(O)c1.O=c1[nH]c2cccc3c2n1CCCC3O. The van der Waals surface area contributed by atoms with Crippen molar-refractivity contribution in [3.05, 3.63) is 64.1 Å². The van der Waals surface area contributed by atoms with Gasteiger partial charge in [-0.25, -0.2) is 4.79 Å². The van der Waals surface area contributed by atoms with E-state index >= 15 is 0 Å². The molecule has 2 aromatic carbocycles. The lowest BCUT2D eigenvalue weighted by atomic mass is 10.1. The summed E-state index contributed by atoms with van der Waals surface area (Å²) in [5, 5.41) is 19.1. The van der Waals surface area contributed by atoms with Crippen LogP contribution in [0.25, 0.3) is 11.0 Å². The first-order valence-corrected chi connectivity index (χ1v) is 9.38. The Balaban J connectivity index is 0.000000161. The van der Waals surface area contributed by atoms with Crippen LogP contribution in [-0.2, 0) is 13.0 Å². The molecule has 4 rings (SSSR count). The zero-order chi connectivity index (χ0) is 19.4. The maximum absolute atomic E-state index is 11.6. The number of nitrogens with one attached hydrogen (secondary N) is 1. The molecule has 0 saturated carbocycles. The maximum atomic E-state index is 11.6. The van der Waals surface area contributed by atoms with E-state index in [1.807, 2.05) is 37.3 Å². The number of aliphatic hydroxyl groups excluding tert-OH is 1. The van der Waals surface area contributed by atoms with Gasteiger partial charge in [-0.05, 0) is 56.4 Å². The largest absolute Gasteiger partial charge is 0.508 e. The van der Waals surface area contributed by atoms with Crippen LogP contribution in [-0.4, -0.2) is 25.8 Å². The average Bonchev–Trinajstić information content (AvgIpc) is 2.84. The second kappa shape index (κ2) is 8.41. The zero-order valence-electron chi connectivity index (χ0n) is 15.6. The number of benzene rings is 2. The van der Waals surface area contributed by atoms with E-state index in [1.165, 1.54) is 0 Å². The number of imidazole rings is 1. The predicted octanol–water partition coefficient (Wildman–Crippen LogP) is 2.83. The number of hydrogen-bond acceptors (Lipinski definition) is 4. The highest BCUT2D eigenvalue weighted by Crippen LogP contribution is 2.28. The first-order chi connectivity index (χ1) is 13.0. The summed E-state index contributed by atoms with van der Waals surface area (Å²) in [5.41, 5.74) is 9.23. The first kappa shape index (κ1) is 19.2. The normalized spacial score (nSPS) is 17.1. The molecule has 1 aliphatic rings. The van der Waals surface area contributed by atoms with Crippen molar-refractivity contribution >= 4 is 11.0 Å². The number of nitrogens with zero attached hydrogens (tertiary/aromatic N) is 1. The second-order valence-electron chi connectivity index (χ2n) is 7.17. The predicted molar refractivity (Wildman–Crippen MR) is 107 cm³/mol. The molecule has 2 heterocycles. The molecule has 5 N–H and O–H groups in total. The van der Waals surface area contributed by atoms with Crippen LogP contribution in [0.5, 0.6) is 5.75 Å². The molecule has 0 spiro atoms. The van der Waals surface area contributed by atoms with Gasteiger partial charge < -0.3 is 20.9 Å². The molecular formula is C21H27N3O3. The molecule has 0 amide bonds. The number of aromatic hydroxyl groups is 1. The summed E-state index contributed by atoms with van der Waals surface area (Å²) in [6, 6.07) is 13.2. The van der Waals surface area contributed by atoms with Crippen molar-refractivity contribution in [3.63, 3.8) is 0 Å². The van der Waals surface area contributed by atoms with E-state index in [0.717, 1.165) is 47.8 Å². The van der Waals surface area contributed by atoms with Gasteiger partial charge in [-0.15, -0.1) is 0 Å². The zero-order valence-corrected chi connectivity index (χ0v) is 15.6. The third-order valence-electron chi connectivity index (χ3n) is 4.84. The highest BCUT2D eigenvalue weighted by atomic mass is 16.3. The third-order valence-corrected chi connectivity index (χ3v) is 4.84. The molecule has 1 aromatic heterocycles. The summed E-state index contributed by atoms with van der Waals surface area (Å²) in [4.78, 5) is 14.4. The third kappa shape index (κ3) is 4.59. The Morgan fingerprint density at radius 1 is 1.30 bits per heavy atom. The summed E-state index contributed by atoms with van der Waals surface area (Å²) >= 11 is 0. The first-order valence-electron chi connectivity index (χ1n) is 9.38. The van der Waals surface area contributed by atoms with Gasteiger partial charge in [0.1, 0.15) is 5.75 Å². The molecule has 0 saturated heterocycles. The topological polar surface area (TPSA) is 104 Å². The van der Waals surface area contributed by atoms with Crippen molar-refractivity contribution in [3.8, 4) is 5.75 Å². The van der Waals surface area contributed by atoms with E-state index in [0.29, 0.717) is 12.3 Å². The van der Waals surface area contributed by atoms with Crippen molar-refractivity contribution in [2.45, 2.75) is 51.3 Å². The van der Waals surface area contributed by atoms with Gasteiger partial charge in [-0.1, -0.05) is 24.3 Å². The van der Waals surface area contributed by atoms with Crippen molar-refractivity contribution < 1.29 is 10.2 Å². The molecule has 144 valence electrons. The number of H-pyrrole nitrogens is 1. The van der Waals surface area contributed by atoms with Crippen LogP contribution in [0.4, 0.5) is 0 Å². The van der Waals surface area contributed by atoms with Crippen LogP contribution in [0, 0.1) is 0 Å². The number of aryl methyl sites for hydroxylation is 2. The van der Waals surface area contributed by atoms with Gasteiger partial charge in [-0.2, -0.15) is 0 Å². The van der Waals surface area contributed by atoms with Gasteiger partial charge in [0.2, 0.25) is 0 Å². The standard InChI is InChI=1S/C11H12N2O2.C10H15NO/c14-9-5-2-6-13-10-7(9)3-1-4-8(10)12-11(13)15;1-8(11)5-6-9-3-2-4-10(12)7-9/h1,3-4,9,14H,2,5-6H2,(H,12,15);2-4,7-8,12H,5-6,11H2,1H3. The van der Waals surface area contributed by atoms with Crippen LogP contribution in [0.15, 0.2) is 47.3 Å². The van der Waals surface area contributed by atoms with Gasteiger partial charge in [0.05, 0.1) is 17.1 Å². The van der Waals surface area contributed by atoms with E-state index in [9.17, 15) is 9.90 Å². The second-order valence-corrected chi connectivity index (χ2v) is 7.17. The lowest BCUT2D eigenvalue weighted by Gasteiger charge is -2.07. The van der Waals surface area contributed by atoms with Gasteiger partial charge in [0.25, 0.3) is 0 Å². The van der Waals surface area contributed by atoms with Crippen LogP contribution < -0.4 is 11.4 Å². The number of para-hydroxylation sites is 1. The van der Waals surface area contributed by atoms with E-state index in [-0.39, 0.29) is 11.7 Å². The van der Waals surface area contributed by atoms with Crippen LogP contribution in [0.3, 0.4) is 0 Å². The molecular weight excluding hydrogens is 342 g/mol. The van der Waals surface area contributed by atoms with E-state index in [1.54, 1.807) is 16.7 Å². The van der Waals surface area contributed by atoms with Gasteiger partial charge in [0.15, 0.2) is 0 Å². The molecule has 2 unspecified atom stereocenters. The lowest BCUT2D eigenvalue weighted by Crippen LogP contribution is -2.16. The molecule has 3 aromatic rings. The highest BCUT2D eigenvalue weighted by Gasteiger charge is 2.19. The minimum Gasteiger partial charge on any atom is -0.508 e. The van der Waals surface area contributed by atoms with Crippen molar-refractivity contribution in [1.82, 2.24) is 9.55 Å². The quantitative estimate of drug-likeness (QED) is 0.570. The van der Waals surface area contributed by atoms with E-state index in [2.05, 4.69) is 4.98 Å². The molecule has 6 nitrogen and oxygen atoms in total. The maximum Gasteiger partial charge on any atom is 0.326 e. The Bertz CT molecular complexity index is 959. The molecule has 0 fully saturated rings. The smallest absolute Gasteiger partial charge is 0.326 e. The summed E-state index contributed by atoms with van der Waals surface area (Å²) in [7, 11) is 0. The number of phenols is 1. The minimum atomic E-state index is -0.447. The van der Waals surface area contributed by atoms with Gasteiger partial charge >= 0.3 is 5.69 Å². The molecule has 0 aliphatic carbocycles. The molecule has 2 atom stereocenters. The van der Waals surface area contributed by atoms with Crippen LogP contribution in [0.2, 0.25) is 0 Å². The highest BCUT2D eigenvalue weighted by molar-refractivity contribution is 5.79. The fourth-order valence-electron chi connectivity index (χ4n) is 3.43. The summed E-state index contributed by atoms with van der Waals surface area (Å²) < 4.78 is 1.72. The van der Waals surface area contributed by atoms with Gasteiger partial charge in [-0.3, -0.25) is 4.57 Å². The van der Waals surface area contributed by atoms with Crippen molar-refractivity contribution in [1.29, 1.82) is 0 Å². The Kier molecular flexibility index (Phi) is 5.98. The number of aromatic amines is 1. The molecule has 0 radical (unpaired) electrons. The minimum absolute atomic E-state index is 0.0773. The Morgan fingerprint density at radius 3 is 2.81 bits per heavy atom. The number of phenolic OH excluding ortho intramolecular Hbond substituents is 1.